The first-order valence-electron chi connectivity index (χ1n) is 7.34. The van der Waals surface area contributed by atoms with Crippen molar-refractivity contribution in [3.8, 4) is 0 Å². The molecule has 1 N–H and O–H groups in total. The van der Waals surface area contributed by atoms with Gasteiger partial charge in [0.15, 0.2) is 0 Å². The van der Waals surface area contributed by atoms with Crippen molar-refractivity contribution in [3.05, 3.63) is 0 Å². The second kappa shape index (κ2) is 14.9. The third-order valence-corrected chi connectivity index (χ3v) is 5.48. The first-order chi connectivity index (χ1) is 10.2. The molecular formula is C13H31NO6Si. The third kappa shape index (κ3) is 11.2. The molecule has 21 heavy (non-hydrogen) atoms. The van der Waals surface area contributed by atoms with Crippen molar-refractivity contribution in [1.82, 2.24) is 5.32 Å². The summed E-state index contributed by atoms with van der Waals surface area (Å²) in [6.07, 6.45) is 0. The van der Waals surface area contributed by atoms with Gasteiger partial charge in [-0.15, -0.1) is 0 Å². The van der Waals surface area contributed by atoms with Gasteiger partial charge in [-0.1, -0.05) is 6.92 Å². The number of methoxy groups -OCH3 is 3. The lowest BCUT2D eigenvalue weighted by atomic mass is 10.7. The zero-order valence-corrected chi connectivity index (χ0v) is 14.8. The average molecular weight is 325 g/mol. The predicted octanol–water partition coefficient (Wildman–Crippen LogP) is 0.524. The van der Waals surface area contributed by atoms with Crippen LogP contribution in [0.25, 0.3) is 0 Å². The maximum absolute atomic E-state index is 5.93. The molecule has 0 saturated heterocycles. The molecule has 0 aromatic heterocycles. The van der Waals surface area contributed by atoms with Gasteiger partial charge in [-0.25, -0.2) is 0 Å². The van der Waals surface area contributed by atoms with Crippen molar-refractivity contribution in [2.45, 2.75) is 13.0 Å². The van der Waals surface area contributed by atoms with Gasteiger partial charge >= 0.3 is 8.80 Å². The van der Waals surface area contributed by atoms with Crippen molar-refractivity contribution < 1.29 is 27.5 Å². The molecule has 0 aromatic carbocycles. The summed E-state index contributed by atoms with van der Waals surface area (Å²) < 4.78 is 32.9. The van der Waals surface area contributed by atoms with Crippen LogP contribution in [0.2, 0.25) is 6.04 Å². The van der Waals surface area contributed by atoms with Gasteiger partial charge in [-0.3, -0.25) is 0 Å². The summed E-state index contributed by atoms with van der Waals surface area (Å²) >= 11 is 0. The van der Waals surface area contributed by atoms with Crippen molar-refractivity contribution in [2.24, 2.45) is 0 Å². The van der Waals surface area contributed by atoms with Crippen LogP contribution in [-0.4, -0.2) is 82.9 Å². The fraction of sp³-hybridized carbons (Fsp3) is 1.00. The molecule has 0 amide bonds. The molecule has 0 aliphatic rings. The molecule has 0 bridgehead atoms. The molecule has 128 valence electrons. The number of nitrogens with one attached hydrogen (secondary N) is 1. The fourth-order valence-corrected chi connectivity index (χ4v) is 3.95. The summed E-state index contributed by atoms with van der Waals surface area (Å²) in [6, 6.07) is 0.706. The maximum atomic E-state index is 5.93. The Balaban J connectivity index is 4.52. The monoisotopic (exact) mass is 325 g/mol. The molecule has 0 atom stereocenters. The van der Waals surface area contributed by atoms with Crippen LogP contribution in [0.3, 0.4) is 0 Å². The standard InChI is InChI=1S/C13H31NO6Si/c1-5-14-6-13-21(18-10-7-15-2,19-11-8-16-3)20-12-9-17-4/h14H,5-13H2,1-4H3. The van der Waals surface area contributed by atoms with Gasteiger partial charge in [0.2, 0.25) is 0 Å². The van der Waals surface area contributed by atoms with Crippen LogP contribution in [0.4, 0.5) is 0 Å². The Hall–Kier alpha value is -0.0631. The Morgan fingerprint density at radius 1 is 0.714 bits per heavy atom. The van der Waals surface area contributed by atoms with E-state index in [-0.39, 0.29) is 0 Å². The Morgan fingerprint density at radius 2 is 1.14 bits per heavy atom. The largest absolute Gasteiger partial charge is 0.502 e. The minimum atomic E-state index is -2.75. The number of hydrogen-bond acceptors (Lipinski definition) is 7. The van der Waals surface area contributed by atoms with E-state index in [0.717, 1.165) is 13.1 Å². The Bertz CT molecular complexity index is 177. The highest BCUT2D eigenvalue weighted by Crippen LogP contribution is 2.15. The van der Waals surface area contributed by atoms with Crippen molar-refractivity contribution in [2.75, 3.05) is 74.1 Å². The quantitative estimate of drug-likeness (QED) is 0.328. The van der Waals surface area contributed by atoms with Gasteiger partial charge < -0.3 is 32.8 Å². The molecule has 0 aromatic rings. The van der Waals surface area contributed by atoms with Gasteiger partial charge in [-0.05, 0) is 13.1 Å². The second-order valence-corrected chi connectivity index (χ2v) is 7.04. The number of hydrogen-bond donors (Lipinski definition) is 1. The van der Waals surface area contributed by atoms with Gasteiger partial charge in [0.05, 0.1) is 39.6 Å². The molecule has 7 nitrogen and oxygen atoms in total. The zero-order valence-electron chi connectivity index (χ0n) is 13.8. The van der Waals surface area contributed by atoms with E-state index in [2.05, 4.69) is 12.2 Å². The molecule has 0 rings (SSSR count). The van der Waals surface area contributed by atoms with E-state index in [0.29, 0.717) is 45.7 Å². The SMILES string of the molecule is CCNCC[Si](OCCOC)(OCCOC)OCCOC. The van der Waals surface area contributed by atoms with Crippen LogP contribution in [0.1, 0.15) is 6.92 Å². The summed E-state index contributed by atoms with van der Waals surface area (Å²) in [7, 11) is 2.18. The van der Waals surface area contributed by atoms with Crippen molar-refractivity contribution in [1.29, 1.82) is 0 Å². The van der Waals surface area contributed by atoms with Crippen LogP contribution in [0.15, 0.2) is 0 Å². The van der Waals surface area contributed by atoms with Crippen LogP contribution in [-0.2, 0) is 27.5 Å². The van der Waals surface area contributed by atoms with Crippen molar-refractivity contribution in [3.63, 3.8) is 0 Å². The van der Waals surface area contributed by atoms with Gasteiger partial charge in [0.25, 0.3) is 0 Å². The lowest BCUT2D eigenvalue weighted by molar-refractivity contribution is 0.0147. The zero-order chi connectivity index (χ0) is 15.8. The summed E-state index contributed by atoms with van der Waals surface area (Å²) in [5.41, 5.74) is 0. The molecule has 0 spiro atoms. The van der Waals surface area contributed by atoms with E-state index in [1.807, 2.05) is 0 Å². The number of rotatable bonds is 16. The summed E-state index contributed by atoms with van der Waals surface area (Å²) in [4.78, 5) is 0. The molecule has 0 unspecified atom stereocenters. The lowest BCUT2D eigenvalue weighted by Gasteiger charge is -2.29. The molecule has 8 heteroatoms. The fourth-order valence-electron chi connectivity index (χ4n) is 1.60. The average Bonchev–Trinajstić information content (AvgIpc) is 2.48. The Kier molecular flexibility index (Phi) is 14.8. The van der Waals surface area contributed by atoms with E-state index in [1.165, 1.54) is 0 Å². The molecule has 0 radical (unpaired) electrons. The van der Waals surface area contributed by atoms with Crippen LogP contribution < -0.4 is 5.32 Å². The van der Waals surface area contributed by atoms with E-state index in [9.17, 15) is 0 Å². The highest BCUT2D eigenvalue weighted by Gasteiger charge is 2.40. The van der Waals surface area contributed by atoms with Crippen LogP contribution >= 0.6 is 0 Å². The molecule has 0 heterocycles. The molecular weight excluding hydrogens is 294 g/mol. The number of ether oxygens (including phenoxy) is 3. The van der Waals surface area contributed by atoms with Gasteiger partial charge in [0, 0.05) is 27.4 Å². The van der Waals surface area contributed by atoms with E-state index in [1.54, 1.807) is 21.3 Å². The summed E-state index contributed by atoms with van der Waals surface area (Å²) in [5.74, 6) is 0. The molecule has 0 aliphatic carbocycles. The molecule has 0 aliphatic heterocycles. The van der Waals surface area contributed by atoms with Crippen LogP contribution in [0.5, 0.6) is 0 Å². The van der Waals surface area contributed by atoms with Crippen LogP contribution in [0, 0.1) is 0 Å². The van der Waals surface area contributed by atoms with E-state index < -0.39 is 8.80 Å². The molecule has 0 fully saturated rings. The highest BCUT2D eigenvalue weighted by atomic mass is 28.4. The maximum Gasteiger partial charge on any atom is 0.502 e. The Morgan fingerprint density at radius 3 is 1.48 bits per heavy atom. The molecule has 0 saturated carbocycles. The normalized spacial score (nSPS) is 12.0. The van der Waals surface area contributed by atoms with Crippen molar-refractivity contribution >= 4 is 8.80 Å². The third-order valence-electron chi connectivity index (χ3n) is 2.69. The second-order valence-electron chi connectivity index (χ2n) is 4.31. The Labute approximate surface area is 129 Å². The minimum Gasteiger partial charge on any atom is -0.382 e. The lowest BCUT2D eigenvalue weighted by Crippen LogP contribution is -2.49. The topological polar surface area (TPSA) is 67.4 Å². The predicted molar refractivity (Wildman–Crippen MR) is 82.6 cm³/mol. The van der Waals surface area contributed by atoms with Gasteiger partial charge in [0.1, 0.15) is 0 Å². The minimum absolute atomic E-state index is 0.453. The van der Waals surface area contributed by atoms with Gasteiger partial charge in [-0.2, -0.15) is 0 Å². The summed E-state index contributed by atoms with van der Waals surface area (Å²) in [5, 5.41) is 3.28. The smallest absolute Gasteiger partial charge is 0.382 e. The summed E-state index contributed by atoms with van der Waals surface area (Å²) in [6.45, 7) is 6.64. The first kappa shape index (κ1) is 20.9. The van der Waals surface area contributed by atoms with E-state index >= 15 is 0 Å². The highest BCUT2D eigenvalue weighted by molar-refractivity contribution is 6.60. The van der Waals surface area contributed by atoms with E-state index in [4.69, 9.17) is 27.5 Å². The first-order valence-corrected chi connectivity index (χ1v) is 9.27.